The van der Waals surface area contributed by atoms with Crippen molar-refractivity contribution in [3.05, 3.63) is 31.0 Å². The van der Waals surface area contributed by atoms with Crippen molar-refractivity contribution < 1.29 is 4.79 Å². The largest absolute Gasteiger partial charge is 0.328 e. The van der Waals surface area contributed by atoms with Gasteiger partial charge in [0.2, 0.25) is 5.91 Å². The molecular formula is C13H18N6O. The Hall–Kier alpha value is -2.28. The SMILES string of the molecule is CC(N)CCCC(=O)Nc1ccc(-n2cncn2)nc1. The van der Waals surface area contributed by atoms with Gasteiger partial charge in [-0.1, -0.05) is 0 Å². The molecule has 0 aliphatic carbocycles. The molecule has 1 atom stereocenters. The third-order valence-corrected chi connectivity index (χ3v) is 2.75. The molecule has 0 saturated carbocycles. The topological polar surface area (TPSA) is 98.7 Å². The number of nitrogens with one attached hydrogen (secondary N) is 1. The van der Waals surface area contributed by atoms with Crippen LogP contribution in [-0.4, -0.2) is 31.7 Å². The summed E-state index contributed by atoms with van der Waals surface area (Å²) >= 11 is 0. The van der Waals surface area contributed by atoms with Gasteiger partial charge in [-0.3, -0.25) is 4.79 Å². The van der Waals surface area contributed by atoms with Gasteiger partial charge in [0, 0.05) is 12.5 Å². The van der Waals surface area contributed by atoms with Gasteiger partial charge in [-0.05, 0) is 31.9 Å². The van der Waals surface area contributed by atoms with Crippen LogP contribution >= 0.6 is 0 Å². The predicted molar refractivity (Wildman–Crippen MR) is 75.3 cm³/mol. The van der Waals surface area contributed by atoms with Crippen molar-refractivity contribution in [3.8, 4) is 5.82 Å². The maximum atomic E-state index is 11.7. The second-order valence-electron chi connectivity index (χ2n) is 4.66. The maximum Gasteiger partial charge on any atom is 0.224 e. The molecule has 2 aromatic rings. The molecule has 2 heterocycles. The lowest BCUT2D eigenvalue weighted by molar-refractivity contribution is -0.116. The summed E-state index contributed by atoms with van der Waals surface area (Å²) in [4.78, 5) is 19.8. The number of amides is 1. The van der Waals surface area contributed by atoms with E-state index in [0.717, 1.165) is 12.8 Å². The van der Waals surface area contributed by atoms with Gasteiger partial charge in [0.1, 0.15) is 12.7 Å². The minimum atomic E-state index is -0.0269. The van der Waals surface area contributed by atoms with E-state index in [1.807, 2.05) is 6.92 Å². The first-order valence-electron chi connectivity index (χ1n) is 6.51. The van der Waals surface area contributed by atoms with Crippen molar-refractivity contribution >= 4 is 11.6 Å². The van der Waals surface area contributed by atoms with Crippen molar-refractivity contribution in [2.75, 3.05) is 5.32 Å². The molecule has 0 fully saturated rings. The predicted octanol–water partition coefficient (Wildman–Crippen LogP) is 1.12. The van der Waals surface area contributed by atoms with Gasteiger partial charge in [-0.15, -0.1) is 0 Å². The van der Waals surface area contributed by atoms with Crippen LogP contribution in [0.15, 0.2) is 31.0 Å². The first kappa shape index (κ1) is 14.1. The molecule has 20 heavy (non-hydrogen) atoms. The lowest BCUT2D eigenvalue weighted by Crippen LogP contribution is -2.17. The third-order valence-electron chi connectivity index (χ3n) is 2.75. The summed E-state index contributed by atoms with van der Waals surface area (Å²) in [5.74, 6) is 0.624. The van der Waals surface area contributed by atoms with Crippen LogP contribution in [0.2, 0.25) is 0 Å². The first-order chi connectivity index (χ1) is 9.65. The van der Waals surface area contributed by atoms with Crippen LogP contribution in [0.5, 0.6) is 0 Å². The molecule has 2 rings (SSSR count). The number of aromatic nitrogens is 4. The molecule has 0 saturated heterocycles. The Morgan fingerprint density at radius 3 is 2.95 bits per heavy atom. The normalized spacial score (nSPS) is 12.1. The standard InChI is InChI=1S/C13H18N6O/c1-10(14)3-2-4-13(20)18-11-5-6-12(16-7-11)19-9-15-8-17-19/h5-10H,2-4,14H2,1H3,(H,18,20). The van der Waals surface area contributed by atoms with E-state index in [4.69, 9.17) is 5.73 Å². The van der Waals surface area contributed by atoms with Crippen LogP contribution in [0.25, 0.3) is 5.82 Å². The fourth-order valence-electron chi connectivity index (χ4n) is 1.73. The van der Waals surface area contributed by atoms with Crippen LogP contribution in [0.3, 0.4) is 0 Å². The summed E-state index contributed by atoms with van der Waals surface area (Å²) in [5, 5.41) is 6.78. The average Bonchev–Trinajstić information content (AvgIpc) is 2.93. The first-order valence-corrected chi connectivity index (χ1v) is 6.51. The summed E-state index contributed by atoms with van der Waals surface area (Å²) in [5.41, 5.74) is 6.31. The molecule has 0 spiro atoms. The van der Waals surface area contributed by atoms with Gasteiger partial charge in [0.15, 0.2) is 5.82 Å². The number of carbonyl (C=O) groups excluding carboxylic acids is 1. The Labute approximate surface area is 117 Å². The summed E-state index contributed by atoms with van der Waals surface area (Å²) in [6, 6.07) is 3.69. The number of pyridine rings is 1. The molecule has 3 N–H and O–H groups in total. The van der Waals surface area contributed by atoms with Crippen molar-refractivity contribution in [1.29, 1.82) is 0 Å². The summed E-state index contributed by atoms with van der Waals surface area (Å²) in [7, 11) is 0. The van der Waals surface area contributed by atoms with Crippen molar-refractivity contribution in [1.82, 2.24) is 19.7 Å². The quantitative estimate of drug-likeness (QED) is 0.822. The van der Waals surface area contributed by atoms with Crippen molar-refractivity contribution in [2.24, 2.45) is 5.73 Å². The minimum Gasteiger partial charge on any atom is -0.328 e. The van der Waals surface area contributed by atoms with Gasteiger partial charge in [0.05, 0.1) is 11.9 Å². The smallest absolute Gasteiger partial charge is 0.224 e. The van der Waals surface area contributed by atoms with Crippen LogP contribution in [-0.2, 0) is 4.79 Å². The molecule has 0 bridgehead atoms. The van der Waals surface area contributed by atoms with Gasteiger partial charge in [-0.2, -0.15) is 5.10 Å². The van der Waals surface area contributed by atoms with Crippen molar-refractivity contribution in [3.63, 3.8) is 0 Å². The average molecular weight is 274 g/mol. The number of carbonyl (C=O) groups is 1. The van der Waals surface area contributed by atoms with E-state index < -0.39 is 0 Å². The van der Waals surface area contributed by atoms with E-state index in [2.05, 4.69) is 20.4 Å². The summed E-state index contributed by atoms with van der Waals surface area (Å²) < 4.78 is 1.55. The fraction of sp³-hybridized carbons (Fsp3) is 0.385. The molecule has 0 aromatic carbocycles. The highest BCUT2D eigenvalue weighted by molar-refractivity contribution is 5.90. The monoisotopic (exact) mass is 274 g/mol. The highest BCUT2D eigenvalue weighted by Crippen LogP contribution is 2.09. The lowest BCUT2D eigenvalue weighted by Gasteiger charge is -2.07. The van der Waals surface area contributed by atoms with Gasteiger partial charge < -0.3 is 11.1 Å². The molecule has 1 amide bonds. The molecule has 0 aliphatic heterocycles. The molecule has 0 radical (unpaired) electrons. The van der Waals surface area contributed by atoms with Crippen LogP contribution in [0.4, 0.5) is 5.69 Å². The van der Waals surface area contributed by atoms with E-state index in [9.17, 15) is 4.79 Å². The molecule has 7 heteroatoms. The number of hydrogen-bond acceptors (Lipinski definition) is 5. The molecule has 0 aliphatic rings. The highest BCUT2D eigenvalue weighted by atomic mass is 16.1. The highest BCUT2D eigenvalue weighted by Gasteiger charge is 2.04. The number of nitrogens with zero attached hydrogens (tertiary/aromatic N) is 4. The van der Waals surface area contributed by atoms with Gasteiger partial charge in [0.25, 0.3) is 0 Å². The summed E-state index contributed by atoms with van der Waals surface area (Å²) in [6.45, 7) is 1.94. The third kappa shape index (κ3) is 4.13. The maximum absolute atomic E-state index is 11.7. The summed E-state index contributed by atoms with van der Waals surface area (Å²) in [6.07, 6.45) is 6.70. The zero-order valence-electron chi connectivity index (χ0n) is 11.4. The fourth-order valence-corrected chi connectivity index (χ4v) is 1.73. The Balaban J connectivity index is 1.86. The zero-order chi connectivity index (χ0) is 14.4. The molecule has 2 aromatic heterocycles. The van der Waals surface area contributed by atoms with Crippen LogP contribution < -0.4 is 11.1 Å². The van der Waals surface area contributed by atoms with Crippen LogP contribution in [0, 0.1) is 0 Å². The lowest BCUT2D eigenvalue weighted by atomic mass is 10.1. The molecule has 106 valence electrons. The Kier molecular flexibility index (Phi) is 4.78. The number of anilines is 1. The molecule has 1 unspecified atom stereocenters. The van der Waals surface area contributed by atoms with Gasteiger partial charge in [-0.25, -0.2) is 14.6 Å². The molecular weight excluding hydrogens is 256 g/mol. The van der Waals surface area contributed by atoms with Crippen LogP contribution in [0.1, 0.15) is 26.2 Å². The second-order valence-corrected chi connectivity index (χ2v) is 4.66. The zero-order valence-corrected chi connectivity index (χ0v) is 11.4. The Bertz CT molecular complexity index is 534. The van der Waals surface area contributed by atoms with E-state index in [-0.39, 0.29) is 11.9 Å². The Morgan fingerprint density at radius 1 is 1.50 bits per heavy atom. The van der Waals surface area contributed by atoms with Crippen molar-refractivity contribution in [2.45, 2.75) is 32.2 Å². The van der Waals surface area contributed by atoms with E-state index >= 15 is 0 Å². The van der Waals surface area contributed by atoms with E-state index in [1.165, 1.54) is 6.33 Å². The number of hydrogen-bond donors (Lipinski definition) is 2. The number of rotatable bonds is 6. The Morgan fingerprint density at radius 2 is 2.35 bits per heavy atom. The van der Waals surface area contributed by atoms with Gasteiger partial charge >= 0.3 is 0 Å². The number of nitrogens with two attached hydrogens (primary N) is 1. The minimum absolute atomic E-state index is 0.0269. The van der Waals surface area contributed by atoms with E-state index in [0.29, 0.717) is 17.9 Å². The second kappa shape index (κ2) is 6.76. The van der Waals surface area contributed by atoms with E-state index in [1.54, 1.807) is 29.3 Å². The molecule has 7 nitrogen and oxygen atoms in total.